The van der Waals surface area contributed by atoms with Gasteiger partial charge in [-0.2, -0.15) is 4.99 Å². The van der Waals surface area contributed by atoms with E-state index in [-0.39, 0.29) is 12.0 Å². The zero-order valence-electron chi connectivity index (χ0n) is 17.3. The molecular formula is C24H26N2O3. The lowest BCUT2D eigenvalue weighted by molar-refractivity contribution is 0.0996. The summed E-state index contributed by atoms with van der Waals surface area (Å²) in [7, 11) is 1.56. The van der Waals surface area contributed by atoms with E-state index in [1.54, 1.807) is 25.3 Å². The Kier molecular flexibility index (Phi) is 6.50. The molecule has 0 aliphatic heterocycles. The molecule has 0 aliphatic carbocycles. The van der Waals surface area contributed by atoms with E-state index in [0.29, 0.717) is 29.1 Å². The van der Waals surface area contributed by atoms with Gasteiger partial charge in [-0.1, -0.05) is 35.9 Å². The summed E-state index contributed by atoms with van der Waals surface area (Å²) in [5.41, 5.74) is 3.40. The molecular weight excluding hydrogens is 364 g/mol. The van der Waals surface area contributed by atoms with Crippen LogP contribution in [0, 0.1) is 6.92 Å². The molecule has 0 unspecified atom stereocenters. The number of carbonyl (C=O) groups excluding carboxylic acids is 1. The Bertz CT molecular complexity index is 1050. The number of aryl methyl sites for hydroxylation is 1. The fourth-order valence-electron chi connectivity index (χ4n) is 2.91. The van der Waals surface area contributed by atoms with Crippen LogP contribution in [-0.2, 0) is 6.54 Å². The Morgan fingerprint density at radius 2 is 1.79 bits per heavy atom. The van der Waals surface area contributed by atoms with E-state index in [4.69, 9.17) is 9.47 Å². The third-order valence-corrected chi connectivity index (χ3v) is 4.38. The molecule has 29 heavy (non-hydrogen) atoms. The number of aromatic nitrogens is 1. The van der Waals surface area contributed by atoms with E-state index in [0.717, 1.165) is 5.56 Å². The van der Waals surface area contributed by atoms with Crippen LogP contribution in [0.3, 0.4) is 0 Å². The second-order valence-electron chi connectivity index (χ2n) is 7.12. The van der Waals surface area contributed by atoms with E-state index < -0.39 is 0 Å². The zero-order valence-corrected chi connectivity index (χ0v) is 17.3. The normalized spacial score (nSPS) is 11.6. The molecule has 0 spiro atoms. The lowest BCUT2D eigenvalue weighted by Crippen LogP contribution is -2.22. The van der Waals surface area contributed by atoms with E-state index in [9.17, 15) is 4.79 Å². The summed E-state index contributed by atoms with van der Waals surface area (Å²) in [6.45, 7) is 6.58. The summed E-state index contributed by atoms with van der Waals surface area (Å²) in [5.74, 6) is 0.789. The van der Waals surface area contributed by atoms with Gasteiger partial charge in [-0.25, -0.2) is 0 Å². The Hall–Kier alpha value is -3.34. The van der Waals surface area contributed by atoms with Gasteiger partial charge in [0.2, 0.25) is 0 Å². The summed E-state index contributed by atoms with van der Waals surface area (Å²) >= 11 is 0. The molecule has 0 radical (unpaired) electrons. The Morgan fingerprint density at radius 3 is 2.48 bits per heavy atom. The van der Waals surface area contributed by atoms with Gasteiger partial charge in [-0.15, -0.1) is 0 Å². The Balaban J connectivity index is 1.90. The number of benzene rings is 2. The van der Waals surface area contributed by atoms with Crippen LogP contribution in [0.5, 0.6) is 11.5 Å². The van der Waals surface area contributed by atoms with Gasteiger partial charge < -0.3 is 14.0 Å². The van der Waals surface area contributed by atoms with Crippen molar-refractivity contribution in [2.24, 2.45) is 4.99 Å². The minimum atomic E-state index is -0.330. The maximum atomic E-state index is 12.8. The molecule has 0 atom stereocenters. The molecule has 1 heterocycles. The molecule has 0 aliphatic rings. The third-order valence-electron chi connectivity index (χ3n) is 4.38. The highest BCUT2D eigenvalue weighted by atomic mass is 16.5. The Labute approximate surface area is 171 Å². The number of nitrogens with zero attached hydrogens (tertiary/aromatic N) is 2. The second-order valence-corrected chi connectivity index (χ2v) is 7.12. The van der Waals surface area contributed by atoms with Crippen LogP contribution < -0.4 is 15.0 Å². The lowest BCUT2D eigenvalue weighted by Gasteiger charge is -2.13. The number of methoxy groups -OCH3 is 1. The number of hydrogen-bond acceptors (Lipinski definition) is 3. The van der Waals surface area contributed by atoms with Gasteiger partial charge in [-0.05, 0) is 56.7 Å². The maximum Gasteiger partial charge on any atom is 0.279 e. The number of ether oxygens (including phenoxy) is 2. The zero-order chi connectivity index (χ0) is 20.8. The molecule has 5 heteroatoms. The van der Waals surface area contributed by atoms with Crippen LogP contribution in [0.4, 0.5) is 0 Å². The molecule has 0 saturated carbocycles. The van der Waals surface area contributed by atoms with Crippen molar-refractivity contribution < 1.29 is 14.3 Å². The maximum absolute atomic E-state index is 12.8. The summed E-state index contributed by atoms with van der Waals surface area (Å²) < 4.78 is 13.0. The van der Waals surface area contributed by atoms with Crippen molar-refractivity contribution in [3.63, 3.8) is 0 Å². The van der Waals surface area contributed by atoms with Gasteiger partial charge >= 0.3 is 0 Å². The second kappa shape index (κ2) is 9.24. The molecule has 150 valence electrons. The predicted molar refractivity (Wildman–Crippen MR) is 113 cm³/mol. The van der Waals surface area contributed by atoms with Crippen molar-refractivity contribution >= 4 is 5.91 Å². The predicted octanol–water partition coefficient (Wildman–Crippen LogP) is 4.38. The number of amides is 1. The van der Waals surface area contributed by atoms with Gasteiger partial charge in [0.05, 0.1) is 13.2 Å². The first kappa shape index (κ1) is 20.4. The van der Waals surface area contributed by atoms with Crippen molar-refractivity contribution in [1.29, 1.82) is 0 Å². The molecule has 0 saturated heterocycles. The van der Waals surface area contributed by atoms with Crippen LogP contribution in [0.2, 0.25) is 0 Å². The van der Waals surface area contributed by atoms with Gasteiger partial charge in [0.1, 0.15) is 5.49 Å². The molecule has 0 N–H and O–H groups in total. The van der Waals surface area contributed by atoms with E-state index in [1.165, 1.54) is 5.56 Å². The number of carbonyl (C=O) groups is 1. The van der Waals surface area contributed by atoms with Crippen LogP contribution in [0.1, 0.15) is 35.3 Å². The highest BCUT2D eigenvalue weighted by molar-refractivity contribution is 5.95. The van der Waals surface area contributed by atoms with Gasteiger partial charge in [0, 0.05) is 18.3 Å². The van der Waals surface area contributed by atoms with Crippen molar-refractivity contribution in [2.75, 3.05) is 7.11 Å². The smallest absolute Gasteiger partial charge is 0.279 e. The Morgan fingerprint density at radius 1 is 1.03 bits per heavy atom. The standard InChI is InChI=1S/C24H26N2O3/c1-17(2)29-21-13-12-20(15-22(21)28-4)24(27)25-23-7-5-6-14-26(23)16-19-10-8-18(3)9-11-19/h5-15,17H,16H2,1-4H3. The van der Waals surface area contributed by atoms with Crippen molar-refractivity contribution in [3.05, 3.63) is 89.0 Å². The number of hydrogen-bond donors (Lipinski definition) is 0. The summed E-state index contributed by atoms with van der Waals surface area (Å²) in [5, 5.41) is 0. The lowest BCUT2D eigenvalue weighted by atomic mass is 10.1. The molecule has 0 bridgehead atoms. The molecule has 5 nitrogen and oxygen atoms in total. The minimum Gasteiger partial charge on any atom is -0.493 e. The average Bonchev–Trinajstić information content (AvgIpc) is 2.71. The van der Waals surface area contributed by atoms with Crippen LogP contribution in [0.25, 0.3) is 0 Å². The third kappa shape index (κ3) is 5.35. The SMILES string of the molecule is COc1cc(C(=O)N=c2ccccn2Cc2ccc(C)cc2)ccc1OC(C)C. The topological polar surface area (TPSA) is 52.8 Å². The molecule has 1 amide bonds. The minimum absolute atomic E-state index is 0.0141. The summed E-state index contributed by atoms with van der Waals surface area (Å²) in [6, 6.07) is 19.1. The van der Waals surface area contributed by atoms with Crippen molar-refractivity contribution in [3.8, 4) is 11.5 Å². The number of rotatable bonds is 6. The number of pyridine rings is 1. The molecule has 0 fully saturated rings. The first-order chi connectivity index (χ1) is 14.0. The van der Waals surface area contributed by atoms with E-state index >= 15 is 0 Å². The summed E-state index contributed by atoms with van der Waals surface area (Å²) in [4.78, 5) is 17.1. The van der Waals surface area contributed by atoms with Crippen molar-refractivity contribution in [1.82, 2.24) is 4.57 Å². The highest BCUT2D eigenvalue weighted by Gasteiger charge is 2.12. The van der Waals surface area contributed by atoms with Gasteiger partial charge in [0.15, 0.2) is 11.5 Å². The molecule has 1 aromatic heterocycles. The quantitative estimate of drug-likeness (QED) is 0.628. The van der Waals surface area contributed by atoms with Crippen LogP contribution in [0.15, 0.2) is 71.9 Å². The van der Waals surface area contributed by atoms with Crippen LogP contribution >= 0.6 is 0 Å². The molecule has 3 rings (SSSR count). The monoisotopic (exact) mass is 390 g/mol. The van der Waals surface area contributed by atoms with Crippen LogP contribution in [-0.4, -0.2) is 23.7 Å². The highest BCUT2D eigenvalue weighted by Crippen LogP contribution is 2.29. The van der Waals surface area contributed by atoms with Gasteiger partial charge in [0.25, 0.3) is 5.91 Å². The largest absolute Gasteiger partial charge is 0.493 e. The van der Waals surface area contributed by atoms with E-state index in [2.05, 4.69) is 36.2 Å². The first-order valence-corrected chi connectivity index (χ1v) is 9.61. The first-order valence-electron chi connectivity index (χ1n) is 9.61. The molecule has 3 aromatic rings. The fraction of sp³-hybridized carbons (Fsp3) is 0.250. The summed E-state index contributed by atoms with van der Waals surface area (Å²) in [6.07, 6.45) is 1.94. The molecule has 2 aromatic carbocycles. The fourth-order valence-corrected chi connectivity index (χ4v) is 2.91. The van der Waals surface area contributed by atoms with Gasteiger partial charge in [-0.3, -0.25) is 4.79 Å². The van der Waals surface area contributed by atoms with Crippen molar-refractivity contribution in [2.45, 2.75) is 33.4 Å². The average molecular weight is 390 g/mol. The van der Waals surface area contributed by atoms with E-state index in [1.807, 2.05) is 42.8 Å².